The number of amides is 2. The first kappa shape index (κ1) is 18.3. The Kier molecular flexibility index (Phi) is 7.57. The van der Waals surface area contributed by atoms with Gasteiger partial charge in [-0.15, -0.1) is 0 Å². The number of nitrogens with zero attached hydrogens (tertiary/aromatic N) is 2. The number of likely N-dealkylation sites (tertiary alicyclic amines) is 1. The summed E-state index contributed by atoms with van der Waals surface area (Å²) in [5.41, 5.74) is 1.62. The smallest absolute Gasteiger partial charge is 0.315 e. The zero-order valence-electron chi connectivity index (χ0n) is 14.6. The molecule has 0 radical (unpaired) electrons. The molecule has 0 bridgehead atoms. The van der Waals surface area contributed by atoms with Crippen molar-refractivity contribution >= 4 is 6.03 Å². The van der Waals surface area contributed by atoms with Crippen molar-refractivity contribution < 1.29 is 4.79 Å². The number of hydrogen-bond donors (Lipinski definition) is 2. The van der Waals surface area contributed by atoms with Crippen molar-refractivity contribution in [2.75, 3.05) is 19.6 Å². The summed E-state index contributed by atoms with van der Waals surface area (Å²) in [7, 11) is 0. The van der Waals surface area contributed by atoms with E-state index in [-0.39, 0.29) is 6.03 Å². The molecule has 5 nitrogen and oxygen atoms in total. The molecular formula is C19H28N4O. The molecule has 5 heteroatoms. The molecule has 2 amide bonds. The second-order valence-electron chi connectivity index (χ2n) is 6.51. The van der Waals surface area contributed by atoms with Crippen LogP contribution in [0.25, 0.3) is 0 Å². The molecule has 2 rings (SSSR count). The molecule has 1 unspecified atom stereocenters. The fourth-order valence-electron chi connectivity index (χ4n) is 3.07. The van der Waals surface area contributed by atoms with Crippen LogP contribution in [-0.4, -0.2) is 36.6 Å². The van der Waals surface area contributed by atoms with E-state index in [9.17, 15) is 4.79 Å². The van der Waals surface area contributed by atoms with Gasteiger partial charge in [0.15, 0.2) is 0 Å². The highest BCUT2D eigenvalue weighted by atomic mass is 16.2. The second-order valence-corrected chi connectivity index (χ2v) is 6.51. The number of unbranched alkanes of at least 4 members (excludes halogenated alkanes) is 1. The molecule has 1 fully saturated rings. The van der Waals surface area contributed by atoms with Crippen LogP contribution in [0, 0.1) is 11.3 Å². The first-order chi connectivity index (χ1) is 11.7. The lowest BCUT2D eigenvalue weighted by molar-refractivity contribution is 0.158. The molecule has 1 atom stereocenters. The third-order valence-corrected chi connectivity index (χ3v) is 4.63. The molecule has 0 aromatic heterocycles. The van der Waals surface area contributed by atoms with E-state index in [1.807, 2.05) is 12.1 Å². The second kappa shape index (κ2) is 9.94. The number of carbonyl (C=O) groups excluding carboxylic acids is 1. The zero-order chi connectivity index (χ0) is 17.2. The molecule has 0 aliphatic carbocycles. The van der Waals surface area contributed by atoms with Gasteiger partial charge in [0, 0.05) is 19.1 Å². The molecule has 1 aliphatic rings. The molecule has 0 saturated carbocycles. The summed E-state index contributed by atoms with van der Waals surface area (Å²) in [5, 5.41) is 14.5. The van der Waals surface area contributed by atoms with Crippen molar-refractivity contribution in [3.05, 3.63) is 35.4 Å². The van der Waals surface area contributed by atoms with Crippen LogP contribution in [0.3, 0.4) is 0 Å². The van der Waals surface area contributed by atoms with Gasteiger partial charge in [0.05, 0.1) is 11.6 Å². The summed E-state index contributed by atoms with van der Waals surface area (Å²) in [4.78, 5) is 14.3. The van der Waals surface area contributed by atoms with Crippen LogP contribution in [-0.2, 0) is 6.54 Å². The molecule has 1 aliphatic heterocycles. The number of nitriles is 1. The normalized spacial score (nSPS) is 17.9. The molecule has 1 aromatic carbocycles. The van der Waals surface area contributed by atoms with Gasteiger partial charge < -0.3 is 15.5 Å². The van der Waals surface area contributed by atoms with E-state index in [2.05, 4.69) is 28.5 Å². The number of hydrogen-bond acceptors (Lipinski definition) is 3. The summed E-state index contributed by atoms with van der Waals surface area (Å²) < 4.78 is 0. The van der Waals surface area contributed by atoms with Gasteiger partial charge in [-0.05, 0) is 63.4 Å². The first-order valence-corrected chi connectivity index (χ1v) is 8.94. The Morgan fingerprint density at radius 3 is 2.75 bits per heavy atom. The van der Waals surface area contributed by atoms with Gasteiger partial charge in [0.25, 0.3) is 0 Å². The lowest BCUT2D eigenvalue weighted by Gasteiger charge is -2.33. The van der Waals surface area contributed by atoms with Crippen molar-refractivity contribution in [1.29, 1.82) is 5.26 Å². The average molecular weight is 328 g/mol. The van der Waals surface area contributed by atoms with Crippen molar-refractivity contribution in [1.82, 2.24) is 15.5 Å². The highest BCUT2D eigenvalue weighted by molar-refractivity contribution is 5.73. The third kappa shape index (κ3) is 6.21. The van der Waals surface area contributed by atoms with Crippen LogP contribution in [0.2, 0.25) is 0 Å². The standard InChI is InChI=1S/C19H28N4O/c1-16-6-2-4-12-23(16)13-5-3-11-21-19(24)22-15-18-9-7-17(14-20)8-10-18/h7-10,16H,2-6,11-13,15H2,1H3,(H2,21,22,24). The minimum Gasteiger partial charge on any atom is -0.338 e. The number of nitrogens with one attached hydrogen (secondary N) is 2. The van der Waals surface area contributed by atoms with E-state index in [1.165, 1.54) is 25.8 Å². The Balaban J connectivity index is 1.54. The zero-order valence-corrected chi connectivity index (χ0v) is 14.6. The monoisotopic (exact) mass is 328 g/mol. The summed E-state index contributed by atoms with van der Waals surface area (Å²) >= 11 is 0. The van der Waals surface area contributed by atoms with Crippen LogP contribution in [0.1, 0.15) is 50.2 Å². The van der Waals surface area contributed by atoms with Gasteiger partial charge >= 0.3 is 6.03 Å². The topological polar surface area (TPSA) is 68.2 Å². The molecule has 1 heterocycles. The van der Waals surface area contributed by atoms with Crippen molar-refractivity contribution in [3.63, 3.8) is 0 Å². The van der Waals surface area contributed by atoms with Crippen LogP contribution in [0.4, 0.5) is 4.79 Å². The molecular weight excluding hydrogens is 300 g/mol. The predicted octanol–water partition coefficient (Wildman–Crippen LogP) is 3.01. The summed E-state index contributed by atoms with van der Waals surface area (Å²) in [6.07, 6.45) is 6.13. The minimum absolute atomic E-state index is 0.134. The summed E-state index contributed by atoms with van der Waals surface area (Å²) in [5.74, 6) is 0. The van der Waals surface area contributed by atoms with Crippen LogP contribution < -0.4 is 10.6 Å². The van der Waals surface area contributed by atoms with E-state index >= 15 is 0 Å². The molecule has 0 spiro atoms. The largest absolute Gasteiger partial charge is 0.338 e. The third-order valence-electron chi connectivity index (χ3n) is 4.63. The van der Waals surface area contributed by atoms with Gasteiger partial charge in [0.1, 0.15) is 0 Å². The van der Waals surface area contributed by atoms with E-state index in [4.69, 9.17) is 5.26 Å². The lowest BCUT2D eigenvalue weighted by Crippen LogP contribution is -2.38. The van der Waals surface area contributed by atoms with Crippen molar-refractivity contribution in [2.45, 2.75) is 51.6 Å². The fourth-order valence-corrected chi connectivity index (χ4v) is 3.07. The lowest BCUT2D eigenvalue weighted by atomic mass is 10.0. The number of piperidine rings is 1. The molecule has 1 aromatic rings. The number of carbonyl (C=O) groups is 1. The van der Waals surface area contributed by atoms with Gasteiger partial charge in [-0.3, -0.25) is 0 Å². The van der Waals surface area contributed by atoms with Gasteiger partial charge in [0.2, 0.25) is 0 Å². The maximum absolute atomic E-state index is 11.8. The Morgan fingerprint density at radius 1 is 1.25 bits per heavy atom. The fraction of sp³-hybridized carbons (Fsp3) is 0.579. The van der Waals surface area contributed by atoms with E-state index < -0.39 is 0 Å². The quantitative estimate of drug-likeness (QED) is 0.756. The van der Waals surface area contributed by atoms with E-state index in [1.54, 1.807) is 12.1 Å². The summed E-state index contributed by atoms with van der Waals surface area (Å²) in [6.45, 7) is 5.85. The first-order valence-electron chi connectivity index (χ1n) is 8.94. The molecule has 1 saturated heterocycles. The van der Waals surface area contributed by atoms with Crippen LogP contribution in [0.5, 0.6) is 0 Å². The summed E-state index contributed by atoms with van der Waals surface area (Å²) in [6, 6.07) is 9.90. The van der Waals surface area contributed by atoms with E-state index in [0.717, 1.165) is 24.9 Å². The van der Waals surface area contributed by atoms with Crippen LogP contribution in [0.15, 0.2) is 24.3 Å². The van der Waals surface area contributed by atoms with Crippen molar-refractivity contribution in [3.8, 4) is 6.07 Å². The predicted molar refractivity (Wildman–Crippen MR) is 95.5 cm³/mol. The number of benzene rings is 1. The molecule has 130 valence electrons. The maximum atomic E-state index is 11.8. The van der Waals surface area contributed by atoms with Gasteiger partial charge in [-0.1, -0.05) is 18.6 Å². The van der Waals surface area contributed by atoms with Crippen LogP contribution >= 0.6 is 0 Å². The SMILES string of the molecule is CC1CCCCN1CCCCNC(=O)NCc1ccc(C#N)cc1. The Morgan fingerprint density at radius 2 is 2.04 bits per heavy atom. The average Bonchev–Trinajstić information content (AvgIpc) is 2.61. The molecule has 24 heavy (non-hydrogen) atoms. The van der Waals surface area contributed by atoms with Crippen molar-refractivity contribution in [2.24, 2.45) is 0 Å². The minimum atomic E-state index is -0.134. The Labute approximate surface area is 145 Å². The van der Waals surface area contributed by atoms with Gasteiger partial charge in [-0.25, -0.2) is 4.79 Å². The Hall–Kier alpha value is -2.06. The Bertz CT molecular complexity index is 549. The highest BCUT2D eigenvalue weighted by Gasteiger charge is 2.16. The van der Waals surface area contributed by atoms with E-state index in [0.29, 0.717) is 24.7 Å². The maximum Gasteiger partial charge on any atom is 0.315 e. The molecule has 2 N–H and O–H groups in total. The number of rotatable bonds is 7. The van der Waals surface area contributed by atoms with Gasteiger partial charge in [-0.2, -0.15) is 5.26 Å². The number of urea groups is 1. The highest BCUT2D eigenvalue weighted by Crippen LogP contribution is 2.16.